The van der Waals surface area contributed by atoms with Crippen LogP contribution in [0.5, 0.6) is 0 Å². The summed E-state index contributed by atoms with van der Waals surface area (Å²) in [4.78, 5) is 45.3. The predicted octanol–water partition coefficient (Wildman–Crippen LogP) is 3.76. The van der Waals surface area contributed by atoms with E-state index in [0.717, 1.165) is 27.7 Å². The summed E-state index contributed by atoms with van der Waals surface area (Å²) in [5, 5.41) is 4.13. The average Bonchev–Trinajstić information content (AvgIpc) is 3.32. The van der Waals surface area contributed by atoms with E-state index in [4.69, 9.17) is 4.74 Å². The number of hydrogen-bond acceptors (Lipinski definition) is 4. The SMILES string of the molecule is CCOC(=O)N1CCC(NC(=O)CN2C(=O)c3ccccc3[C@H]2c2c(C)[nH]c3ccccc23)CC1. The summed E-state index contributed by atoms with van der Waals surface area (Å²) in [6, 6.07) is 15.3. The van der Waals surface area contributed by atoms with E-state index in [0.29, 0.717) is 38.1 Å². The van der Waals surface area contributed by atoms with Gasteiger partial charge in [0.25, 0.3) is 5.91 Å². The van der Waals surface area contributed by atoms with E-state index < -0.39 is 0 Å². The predicted molar refractivity (Wildman–Crippen MR) is 132 cm³/mol. The average molecular weight is 475 g/mol. The summed E-state index contributed by atoms with van der Waals surface area (Å²) in [5.74, 6) is -0.328. The minimum Gasteiger partial charge on any atom is -0.450 e. The number of rotatable bonds is 5. The molecule has 8 nitrogen and oxygen atoms in total. The van der Waals surface area contributed by atoms with E-state index in [1.807, 2.05) is 49.4 Å². The van der Waals surface area contributed by atoms with E-state index in [1.54, 1.807) is 16.7 Å². The van der Waals surface area contributed by atoms with E-state index in [1.165, 1.54) is 0 Å². The van der Waals surface area contributed by atoms with Gasteiger partial charge in [-0.05, 0) is 44.4 Å². The fraction of sp³-hybridized carbons (Fsp3) is 0.370. The minimum absolute atomic E-state index is 0.0325. The molecule has 0 radical (unpaired) electrons. The third-order valence-electron chi connectivity index (χ3n) is 6.98. The van der Waals surface area contributed by atoms with Gasteiger partial charge < -0.3 is 24.8 Å². The molecule has 8 heteroatoms. The highest BCUT2D eigenvalue weighted by molar-refractivity contribution is 6.02. The highest BCUT2D eigenvalue weighted by Gasteiger charge is 2.40. The molecule has 1 saturated heterocycles. The Labute approximate surface area is 204 Å². The third kappa shape index (κ3) is 4.24. The smallest absolute Gasteiger partial charge is 0.409 e. The molecular weight excluding hydrogens is 444 g/mol. The molecular formula is C27H30N4O4. The van der Waals surface area contributed by atoms with Crippen LogP contribution in [0.15, 0.2) is 48.5 Å². The van der Waals surface area contributed by atoms with Crippen molar-refractivity contribution in [3.63, 3.8) is 0 Å². The maximum atomic E-state index is 13.4. The van der Waals surface area contributed by atoms with Crippen LogP contribution in [0.3, 0.4) is 0 Å². The van der Waals surface area contributed by atoms with Gasteiger partial charge in [-0.1, -0.05) is 36.4 Å². The molecule has 1 aromatic heterocycles. The Morgan fingerprint density at radius 1 is 1.09 bits per heavy atom. The molecule has 3 aromatic rings. The fourth-order valence-corrected chi connectivity index (χ4v) is 5.34. The molecule has 2 aliphatic rings. The molecule has 5 rings (SSSR count). The van der Waals surface area contributed by atoms with Gasteiger partial charge in [-0.15, -0.1) is 0 Å². The van der Waals surface area contributed by atoms with Crippen LogP contribution >= 0.6 is 0 Å². The zero-order chi connectivity index (χ0) is 24.5. The van der Waals surface area contributed by atoms with Gasteiger partial charge in [-0.25, -0.2) is 4.79 Å². The fourth-order valence-electron chi connectivity index (χ4n) is 5.34. The summed E-state index contributed by atoms with van der Waals surface area (Å²) in [5.41, 5.74) is 4.57. The minimum atomic E-state index is -0.341. The number of carbonyl (C=O) groups excluding carboxylic acids is 3. The maximum Gasteiger partial charge on any atom is 0.409 e. The summed E-state index contributed by atoms with van der Waals surface area (Å²) < 4.78 is 5.07. The van der Waals surface area contributed by atoms with E-state index in [-0.39, 0.29) is 36.5 Å². The van der Waals surface area contributed by atoms with Crippen molar-refractivity contribution in [2.75, 3.05) is 26.2 Å². The maximum absolute atomic E-state index is 13.4. The number of ether oxygens (including phenoxy) is 1. The highest BCUT2D eigenvalue weighted by atomic mass is 16.6. The first-order valence-electron chi connectivity index (χ1n) is 12.2. The molecule has 2 N–H and O–H groups in total. The number of hydrogen-bond donors (Lipinski definition) is 2. The Morgan fingerprint density at radius 2 is 1.80 bits per heavy atom. The number of fused-ring (bicyclic) bond motifs is 2. The summed E-state index contributed by atoms with van der Waals surface area (Å²) in [6.07, 6.45) is 1.00. The largest absolute Gasteiger partial charge is 0.450 e. The first kappa shape index (κ1) is 23.0. The Kier molecular flexibility index (Phi) is 6.19. The first-order chi connectivity index (χ1) is 17.0. The standard InChI is InChI=1S/C27H30N4O4/c1-3-35-27(34)30-14-12-18(13-15-30)29-23(32)16-31-25(19-8-4-5-9-20(19)26(31)33)24-17(2)28-22-11-7-6-10-21(22)24/h4-11,18,25,28H,3,12-16H2,1-2H3,(H,29,32)/t25-/m0/s1. The van der Waals surface area contributed by atoms with Crippen molar-refractivity contribution in [2.24, 2.45) is 0 Å². The number of amides is 3. The van der Waals surface area contributed by atoms with Crippen molar-refractivity contribution in [1.29, 1.82) is 0 Å². The molecule has 0 bridgehead atoms. The molecule has 3 amide bonds. The first-order valence-corrected chi connectivity index (χ1v) is 12.2. The summed E-state index contributed by atoms with van der Waals surface area (Å²) in [7, 11) is 0. The Balaban J connectivity index is 1.35. The van der Waals surface area contributed by atoms with Crippen LogP contribution in [0.2, 0.25) is 0 Å². The van der Waals surface area contributed by atoms with Crippen molar-refractivity contribution in [2.45, 2.75) is 38.8 Å². The molecule has 0 saturated carbocycles. The lowest BCUT2D eigenvalue weighted by molar-refractivity contribution is -0.123. The normalized spacial score (nSPS) is 18.1. The number of para-hydroxylation sites is 1. The Bertz CT molecular complexity index is 1280. The number of piperidine rings is 1. The molecule has 2 aromatic carbocycles. The number of aromatic nitrogens is 1. The monoisotopic (exact) mass is 474 g/mol. The lowest BCUT2D eigenvalue weighted by Gasteiger charge is -2.32. The number of H-pyrrole nitrogens is 1. The molecule has 1 atom stereocenters. The van der Waals surface area contributed by atoms with Gasteiger partial charge in [-0.3, -0.25) is 9.59 Å². The lowest BCUT2D eigenvalue weighted by Crippen LogP contribution is -2.49. The quantitative estimate of drug-likeness (QED) is 0.589. The van der Waals surface area contributed by atoms with E-state index in [9.17, 15) is 14.4 Å². The molecule has 1 fully saturated rings. The zero-order valence-electron chi connectivity index (χ0n) is 20.0. The van der Waals surface area contributed by atoms with Crippen LogP contribution in [-0.4, -0.2) is 65.0 Å². The topological polar surface area (TPSA) is 94.7 Å². The van der Waals surface area contributed by atoms with Crippen molar-refractivity contribution in [3.8, 4) is 0 Å². The molecule has 0 unspecified atom stereocenters. The number of likely N-dealkylation sites (tertiary alicyclic amines) is 1. The van der Waals surface area contributed by atoms with Crippen LogP contribution < -0.4 is 5.32 Å². The van der Waals surface area contributed by atoms with Crippen molar-refractivity contribution in [1.82, 2.24) is 20.1 Å². The van der Waals surface area contributed by atoms with Crippen molar-refractivity contribution < 1.29 is 19.1 Å². The molecule has 0 aliphatic carbocycles. The van der Waals surface area contributed by atoms with Gasteiger partial charge in [0.2, 0.25) is 5.91 Å². The number of carbonyl (C=O) groups is 3. The van der Waals surface area contributed by atoms with Gasteiger partial charge in [0.1, 0.15) is 6.54 Å². The molecule has 3 heterocycles. The molecule has 2 aliphatic heterocycles. The van der Waals surface area contributed by atoms with E-state index >= 15 is 0 Å². The zero-order valence-corrected chi connectivity index (χ0v) is 20.0. The number of nitrogens with one attached hydrogen (secondary N) is 2. The van der Waals surface area contributed by atoms with Gasteiger partial charge in [0.05, 0.1) is 12.6 Å². The second-order valence-corrected chi connectivity index (χ2v) is 9.16. The van der Waals surface area contributed by atoms with Crippen LogP contribution in [0.4, 0.5) is 4.79 Å². The third-order valence-corrected chi connectivity index (χ3v) is 6.98. The Morgan fingerprint density at radius 3 is 2.57 bits per heavy atom. The summed E-state index contributed by atoms with van der Waals surface area (Å²) in [6.45, 7) is 5.18. The lowest BCUT2D eigenvalue weighted by atomic mass is 9.95. The van der Waals surface area contributed by atoms with Crippen LogP contribution in [0.1, 0.15) is 53.0 Å². The molecule has 182 valence electrons. The molecule has 35 heavy (non-hydrogen) atoms. The van der Waals surface area contributed by atoms with Crippen molar-refractivity contribution in [3.05, 3.63) is 70.9 Å². The van der Waals surface area contributed by atoms with Crippen LogP contribution in [0, 0.1) is 6.92 Å². The highest BCUT2D eigenvalue weighted by Crippen LogP contribution is 2.42. The Hall–Kier alpha value is -3.81. The number of nitrogens with zero attached hydrogens (tertiary/aromatic N) is 2. The second-order valence-electron chi connectivity index (χ2n) is 9.16. The van der Waals surface area contributed by atoms with Gasteiger partial charge in [0.15, 0.2) is 0 Å². The second kappa shape index (κ2) is 9.44. The van der Waals surface area contributed by atoms with Crippen molar-refractivity contribution >= 4 is 28.8 Å². The molecule has 0 spiro atoms. The van der Waals surface area contributed by atoms with Gasteiger partial charge in [-0.2, -0.15) is 0 Å². The van der Waals surface area contributed by atoms with Crippen LogP contribution in [-0.2, 0) is 9.53 Å². The number of aromatic amines is 1. The van der Waals surface area contributed by atoms with Crippen LogP contribution in [0.25, 0.3) is 10.9 Å². The number of aryl methyl sites for hydroxylation is 1. The summed E-state index contributed by atoms with van der Waals surface area (Å²) >= 11 is 0. The van der Waals surface area contributed by atoms with Gasteiger partial charge in [0, 0.05) is 46.9 Å². The number of benzene rings is 2. The van der Waals surface area contributed by atoms with E-state index in [2.05, 4.69) is 16.4 Å². The van der Waals surface area contributed by atoms with Gasteiger partial charge >= 0.3 is 6.09 Å².